The highest BCUT2D eigenvalue weighted by Gasteiger charge is 2.11. The predicted octanol–water partition coefficient (Wildman–Crippen LogP) is 4.66. The van der Waals surface area contributed by atoms with Gasteiger partial charge in [-0.25, -0.2) is 0 Å². The average molecular weight is 182 g/mol. The van der Waals surface area contributed by atoms with E-state index in [1.54, 1.807) is 0 Å². The Balaban J connectivity index is 0.000000252. The van der Waals surface area contributed by atoms with Crippen LogP contribution in [0.3, 0.4) is 0 Å². The second-order valence-corrected chi connectivity index (χ2v) is 5.90. The van der Waals surface area contributed by atoms with Crippen LogP contribution in [-0.2, 0) is 0 Å². The minimum Gasteiger partial charge on any atom is -0.0883 e. The molecule has 0 nitrogen and oxygen atoms in total. The van der Waals surface area contributed by atoms with Crippen molar-refractivity contribution in [2.75, 3.05) is 0 Å². The van der Waals surface area contributed by atoms with Gasteiger partial charge in [0.2, 0.25) is 0 Å². The number of allylic oxidation sites excluding steroid dienone is 2. The van der Waals surface area contributed by atoms with Gasteiger partial charge in [0.05, 0.1) is 0 Å². The van der Waals surface area contributed by atoms with Crippen molar-refractivity contribution in [3.05, 3.63) is 12.2 Å². The summed E-state index contributed by atoms with van der Waals surface area (Å²) in [5.74, 6) is 1.83. The normalized spacial score (nSPS) is 27.8. The van der Waals surface area contributed by atoms with Gasteiger partial charge in [0.25, 0.3) is 0 Å². The average Bonchev–Trinajstić information content (AvgIpc) is 1.92. The van der Waals surface area contributed by atoms with Crippen molar-refractivity contribution in [1.29, 1.82) is 0 Å². The van der Waals surface area contributed by atoms with E-state index in [1.165, 1.54) is 12.8 Å². The third-order valence-corrected chi connectivity index (χ3v) is 2.15. The molecule has 0 saturated carbocycles. The minimum atomic E-state index is 0.500. The Morgan fingerprint density at radius 1 is 0.846 bits per heavy atom. The molecule has 1 aliphatic carbocycles. The number of hydrogen-bond acceptors (Lipinski definition) is 0. The first kappa shape index (κ1) is 12.7. The largest absolute Gasteiger partial charge is 0.0883 e. The molecule has 0 aromatic rings. The monoisotopic (exact) mass is 182 g/mol. The van der Waals surface area contributed by atoms with Crippen LogP contribution in [0.4, 0.5) is 0 Å². The molecule has 13 heavy (non-hydrogen) atoms. The number of rotatable bonds is 0. The molecule has 1 aliphatic rings. The van der Waals surface area contributed by atoms with Gasteiger partial charge in [-0.05, 0) is 30.1 Å². The van der Waals surface area contributed by atoms with E-state index in [-0.39, 0.29) is 0 Å². The summed E-state index contributed by atoms with van der Waals surface area (Å²) in [6, 6.07) is 0. The molecule has 2 unspecified atom stereocenters. The summed E-state index contributed by atoms with van der Waals surface area (Å²) in [5.41, 5.74) is 0.500. The zero-order chi connectivity index (χ0) is 10.5. The van der Waals surface area contributed by atoms with Crippen molar-refractivity contribution in [3.8, 4) is 0 Å². The van der Waals surface area contributed by atoms with E-state index in [2.05, 4.69) is 53.7 Å². The van der Waals surface area contributed by atoms with Crippen LogP contribution >= 0.6 is 0 Å². The third-order valence-electron chi connectivity index (χ3n) is 2.15. The highest BCUT2D eigenvalue weighted by atomic mass is 14.2. The zero-order valence-electron chi connectivity index (χ0n) is 10.2. The summed E-state index contributed by atoms with van der Waals surface area (Å²) >= 11 is 0. The molecule has 1 rings (SSSR count). The standard InChI is InChI=1S/C8H14.C5H12/c1-7-5-3-4-6-8(7)2;1-5(2,3)4/h3-4,7-8H,5-6H2,1-2H3;1-4H3. The van der Waals surface area contributed by atoms with Crippen LogP contribution in [0.2, 0.25) is 0 Å². The molecule has 0 radical (unpaired) electrons. The molecule has 2 atom stereocenters. The van der Waals surface area contributed by atoms with E-state index >= 15 is 0 Å². The lowest BCUT2D eigenvalue weighted by atomic mass is 9.86. The van der Waals surface area contributed by atoms with E-state index in [1.807, 2.05) is 0 Å². The molecule has 0 heteroatoms. The maximum absolute atomic E-state index is 2.33. The van der Waals surface area contributed by atoms with Crippen LogP contribution in [0, 0.1) is 17.3 Å². The van der Waals surface area contributed by atoms with Crippen LogP contribution in [0.5, 0.6) is 0 Å². The van der Waals surface area contributed by atoms with E-state index in [9.17, 15) is 0 Å². The lowest BCUT2D eigenvalue weighted by Crippen LogP contribution is -2.08. The molecule has 0 heterocycles. The van der Waals surface area contributed by atoms with Crippen molar-refractivity contribution in [2.24, 2.45) is 17.3 Å². The van der Waals surface area contributed by atoms with Crippen molar-refractivity contribution >= 4 is 0 Å². The van der Waals surface area contributed by atoms with Gasteiger partial charge in [-0.1, -0.05) is 53.7 Å². The quantitative estimate of drug-likeness (QED) is 0.478. The lowest BCUT2D eigenvalue weighted by Gasteiger charge is -2.19. The summed E-state index contributed by atoms with van der Waals surface area (Å²) in [6.07, 6.45) is 7.18. The molecule has 0 bridgehead atoms. The van der Waals surface area contributed by atoms with Crippen LogP contribution in [0.25, 0.3) is 0 Å². The molecule has 0 saturated heterocycles. The molecule has 0 N–H and O–H groups in total. The molecule has 0 aliphatic heterocycles. The molecule has 78 valence electrons. The Kier molecular flexibility index (Phi) is 5.36. The van der Waals surface area contributed by atoms with Gasteiger partial charge in [0, 0.05) is 0 Å². The molecule has 0 amide bonds. The van der Waals surface area contributed by atoms with Crippen LogP contribution in [0.15, 0.2) is 12.2 Å². The first-order valence-electron chi connectivity index (χ1n) is 5.45. The molecule has 0 spiro atoms. The maximum atomic E-state index is 2.33. The van der Waals surface area contributed by atoms with Gasteiger partial charge in [0.15, 0.2) is 0 Å². The van der Waals surface area contributed by atoms with Crippen molar-refractivity contribution < 1.29 is 0 Å². The molecule has 0 aromatic carbocycles. The second-order valence-electron chi connectivity index (χ2n) is 5.90. The summed E-state index contributed by atoms with van der Waals surface area (Å²) < 4.78 is 0. The van der Waals surface area contributed by atoms with E-state index in [0.717, 1.165) is 11.8 Å². The van der Waals surface area contributed by atoms with Gasteiger partial charge >= 0.3 is 0 Å². The second kappa shape index (κ2) is 5.47. The van der Waals surface area contributed by atoms with Gasteiger partial charge in [0.1, 0.15) is 0 Å². The van der Waals surface area contributed by atoms with E-state index in [0.29, 0.717) is 5.41 Å². The zero-order valence-corrected chi connectivity index (χ0v) is 10.2. The Bertz CT molecular complexity index is 130. The van der Waals surface area contributed by atoms with Crippen LogP contribution in [-0.4, -0.2) is 0 Å². The molecule has 0 aromatic heterocycles. The maximum Gasteiger partial charge on any atom is -0.0322 e. The summed E-state index contributed by atoms with van der Waals surface area (Å²) in [5, 5.41) is 0. The topological polar surface area (TPSA) is 0 Å². The Morgan fingerprint density at radius 2 is 1.08 bits per heavy atom. The minimum absolute atomic E-state index is 0.500. The van der Waals surface area contributed by atoms with Crippen LogP contribution in [0.1, 0.15) is 54.4 Å². The Morgan fingerprint density at radius 3 is 1.23 bits per heavy atom. The Labute approximate surface area is 84.4 Å². The highest BCUT2D eigenvalue weighted by molar-refractivity contribution is 4.91. The SMILES string of the molecule is CC(C)(C)C.CC1CC=CCC1C. The van der Waals surface area contributed by atoms with Gasteiger partial charge < -0.3 is 0 Å². The van der Waals surface area contributed by atoms with E-state index in [4.69, 9.17) is 0 Å². The van der Waals surface area contributed by atoms with Crippen molar-refractivity contribution in [2.45, 2.75) is 54.4 Å². The van der Waals surface area contributed by atoms with Crippen LogP contribution < -0.4 is 0 Å². The molecular weight excluding hydrogens is 156 g/mol. The first-order chi connectivity index (χ1) is 5.80. The third kappa shape index (κ3) is 9.66. The van der Waals surface area contributed by atoms with E-state index < -0.39 is 0 Å². The summed E-state index contributed by atoms with van der Waals surface area (Å²) in [6.45, 7) is 13.4. The lowest BCUT2D eigenvalue weighted by molar-refractivity contribution is 0.380. The summed E-state index contributed by atoms with van der Waals surface area (Å²) in [4.78, 5) is 0. The fraction of sp³-hybridized carbons (Fsp3) is 0.846. The van der Waals surface area contributed by atoms with Crippen molar-refractivity contribution in [3.63, 3.8) is 0 Å². The van der Waals surface area contributed by atoms with Crippen molar-refractivity contribution in [1.82, 2.24) is 0 Å². The Hall–Kier alpha value is -0.260. The molecule has 0 fully saturated rings. The molecular formula is C13H26. The highest BCUT2D eigenvalue weighted by Crippen LogP contribution is 2.23. The van der Waals surface area contributed by atoms with Gasteiger partial charge in [-0.15, -0.1) is 0 Å². The summed E-state index contributed by atoms with van der Waals surface area (Å²) in [7, 11) is 0. The first-order valence-corrected chi connectivity index (χ1v) is 5.45. The van der Waals surface area contributed by atoms with Gasteiger partial charge in [-0.3, -0.25) is 0 Å². The van der Waals surface area contributed by atoms with Gasteiger partial charge in [-0.2, -0.15) is 0 Å². The number of hydrogen-bond donors (Lipinski definition) is 0. The smallest absolute Gasteiger partial charge is 0.0322 e. The predicted molar refractivity (Wildman–Crippen MR) is 61.8 cm³/mol. The fourth-order valence-electron chi connectivity index (χ4n) is 1.09. The fourth-order valence-corrected chi connectivity index (χ4v) is 1.09.